The van der Waals surface area contributed by atoms with Gasteiger partial charge in [-0.25, -0.2) is 4.98 Å². The number of carbonyl (C=O) groups is 1. The molecular formula is C13H18N4OS. The van der Waals surface area contributed by atoms with E-state index in [0.717, 1.165) is 15.9 Å². The summed E-state index contributed by atoms with van der Waals surface area (Å²) in [5.41, 5.74) is 9.92. The normalized spacial score (nSPS) is 10.9. The standard InChI is InChI=1S/C13H18N4OS/c1-8(2)5-16-11(18)6-15-9-3-4-10-13(12(9)14)17-7-19-10/h3-4,7-8,15H,5-6,14H2,1-2H3,(H,16,18). The Morgan fingerprint density at radius 1 is 1.47 bits per heavy atom. The summed E-state index contributed by atoms with van der Waals surface area (Å²) >= 11 is 1.55. The van der Waals surface area contributed by atoms with E-state index >= 15 is 0 Å². The van der Waals surface area contributed by atoms with Crippen molar-refractivity contribution in [2.45, 2.75) is 13.8 Å². The van der Waals surface area contributed by atoms with Crippen LogP contribution in [0.5, 0.6) is 0 Å². The number of carbonyl (C=O) groups excluding carboxylic acids is 1. The average molecular weight is 278 g/mol. The molecule has 1 heterocycles. The van der Waals surface area contributed by atoms with Gasteiger partial charge in [0.25, 0.3) is 0 Å². The van der Waals surface area contributed by atoms with Crippen molar-refractivity contribution in [1.82, 2.24) is 10.3 Å². The number of nitrogen functional groups attached to an aromatic ring is 1. The van der Waals surface area contributed by atoms with Gasteiger partial charge < -0.3 is 16.4 Å². The van der Waals surface area contributed by atoms with Gasteiger partial charge in [-0.15, -0.1) is 11.3 Å². The molecule has 4 N–H and O–H groups in total. The highest BCUT2D eigenvalue weighted by Gasteiger charge is 2.08. The quantitative estimate of drug-likeness (QED) is 0.731. The predicted octanol–water partition coefficient (Wildman–Crippen LogP) is 2.06. The van der Waals surface area contributed by atoms with Crippen LogP contribution < -0.4 is 16.4 Å². The number of fused-ring (bicyclic) bond motifs is 1. The zero-order valence-electron chi connectivity index (χ0n) is 11.1. The maximum atomic E-state index is 11.6. The lowest BCUT2D eigenvalue weighted by molar-refractivity contribution is -0.119. The molecule has 1 aromatic carbocycles. The zero-order valence-corrected chi connectivity index (χ0v) is 11.9. The van der Waals surface area contributed by atoms with Gasteiger partial charge in [0.2, 0.25) is 5.91 Å². The van der Waals surface area contributed by atoms with Crippen LogP contribution >= 0.6 is 11.3 Å². The Labute approximate surface area is 116 Å². The van der Waals surface area contributed by atoms with Gasteiger partial charge in [-0.3, -0.25) is 4.79 Å². The number of hydrogen-bond acceptors (Lipinski definition) is 5. The second-order valence-corrected chi connectivity index (χ2v) is 5.66. The number of nitrogens with one attached hydrogen (secondary N) is 2. The van der Waals surface area contributed by atoms with Crippen LogP contribution in [0.1, 0.15) is 13.8 Å². The van der Waals surface area contributed by atoms with Gasteiger partial charge in [0.1, 0.15) is 5.52 Å². The SMILES string of the molecule is CC(C)CNC(=O)CNc1ccc2scnc2c1N. The molecule has 0 radical (unpaired) electrons. The van der Waals surface area contributed by atoms with Crippen molar-refractivity contribution >= 4 is 38.8 Å². The van der Waals surface area contributed by atoms with Crippen molar-refractivity contribution in [3.8, 4) is 0 Å². The van der Waals surface area contributed by atoms with Gasteiger partial charge in [-0.1, -0.05) is 13.8 Å². The molecule has 0 unspecified atom stereocenters. The number of rotatable bonds is 5. The molecule has 102 valence electrons. The smallest absolute Gasteiger partial charge is 0.239 e. The number of anilines is 2. The van der Waals surface area contributed by atoms with Crippen molar-refractivity contribution in [2.75, 3.05) is 24.1 Å². The highest BCUT2D eigenvalue weighted by molar-refractivity contribution is 7.16. The minimum Gasteiger partial charge on any atom is -0.395 e. The van der Waals surface area contributed by atoms with Crippen LogP contribution in [0.4, 0.5) is 11.4 Å². The maximum absolute atomic E-state index is 11.6. The van der Waals surface area contributed by atoms with Crippen molar-refractivity contribution in [1.29, 1.82) is 0 Å². The van der Waals surface area contributed by atoms with E-state index < -0.39 is 0 Å². The Bertz CT molecular complexity index is 579. The molecule has 0 atom stereocenters. The Morgan fingerprint density at radius 3 is 3.00 bits per heavy atom. The lowest BCUT2D eigenvalue weighted by atomic mass is 10.2. The molecular weight excluding hydrogens is 260 g/mol. The van der Waals surface area contributed by atoms with Crippen LogP contribution in [0.25, 0.3) is 10.2 Å². The molecule has 2 aromatic rings. The molecule has 1 amide bonds. The summed E-state index contributed by atoms with van der Waals surface area (Å²) in [4.78, 5) is 15.8. The van der Waals surface area contributed by atoms with Crippen molar-refractivity contribution in [3.63, 3.8) is 0 Å². The Balaban J connectivity index is 1.98. The van der Waals surface area contributed by atoms with Gasteiger partial charge in [-0.2, -0.15) is 0 Å². The van der Waals surface area contributed by atoms with Crippen molar-refractivity contribution < 1.29 is 4.79 Å². The van der Waals surface area contributed by atoms with Crippen LogP contribution in [0.2, 0.25) is 0 Å². The highest BCUT2D eigenvalue weighted by atomic mass is 32.1. The molecule has 0 bridgehead atoms. The van der Waals surface area contributed by atoms with Crippen LogP contribution in [0, 0.1) is 5.92 Å². The van der Waals surface area contributed by atoms with Crippen LogP contribution in [-0.2, 0) is 4.79 Å². The summed E-state index contributed by atoms with van der Waals surface area (Å²) in [5, 5.41) is 5.89. The maximum Gasteiger partial charge on any atom is 0.239 e. The third-order valence-electron chi connectivity index (χ3n) is 2.69. The summed E-state index contributed by atoms with van der Waals surface area (Å²) < 4.78 is 1.05. The Kier molecular flexibility index (Phi) is 4.21. The fourth-order valence-electron chi connectivity index (χ4n) is 1.66. The highest BCUT2D eigenvalue weighted by Crippen LogP contribution is 2.29. The fraction of sp³-hybridized carbons (Fsp3) is 0.385. The minimum atomic E-state index is -0.0357. The number of amides is 1. The third-order valence-corrected chi connectivity index (χ3v) is 3.48. The summed E-state index contributed by atoms with van der Waals surface area (Å²) in [6.45, 7) is 5.01. The molecule has 19 heavy (non-hydrogen) atoms. The first-order valence-corrected chi connectivity index (χ1v) is 7.08. The number of nitrogens with two attached hydrogens (primary N) is 1. The monoisotopic (exact) mass is 278 g/mol. The molecule has 0 saturated heterocycles. The molecule has 0 aliphatic rings. The number of aromatic nitrogens is 1. The van der Waals surface area contributed by atoms with E-state index in [1.54, 1.807) is 16.8 Å². The summed E-state index contributed by atoms with van der Waals surface area (Å²) in [6, 6.07) is 3.84. The molecule has 0 aliphatic heterocycles. The summed E-state index contributed by atoms with van der Waals surface area (Å²) in [6.07, 6.45) is 0. The van der Waals surface area contributed by atoms with Gasteiger partial charge in [0, 0.05) is 6.54 Å². The minimum absolute atomic E-state index is 0.0357. The van der Waals surface area contributed by atoms with Crippen molar-refractivity contribution in [2.24, 2.45) is 5.92 Å². The topological polar surface area (TPSA) is 80.0 Å². The molecule has 0 spiro atoms. The van der Waals surface area contributed by atoms with Crippen molar-refractivity contribution in [3.05, 3.63) is 17.6 Å². The number of thiazole rings is 1. The second kappa shape index (κ2) is 5.88. The second-order valence-electron chi connectivity index (χ2n) is 4.78. The van der Waals surface area contributed by atoms with Crippen LogP contribution in [0.15, 0.2) is 17.6 Å². The Morgan fingerprint density at radius 2 is 2.26 bits per heavy atom. The van der Waals surface area contributed by atoms with Gasteiger partial charge >= 0.3 is 0 Å². The molecule has 2 rings (SSSR count). The van der Waals surface area contributed by atoms with E-state index in [9.17, 15) is 4.79 Å². The fourth-order valence-corrected chi connectivity index (χ4v) is 2.35. The molecule has 6 heteroatoms. The first kappa shape index (κ1) is 13.6. The van der Waals surface area contributed by atoms with Gasteiger partial charge in [0.15, 0.2) is 0 Å². The average Bonchev–Trinajstić information content (AvgIpc) is 2.84. The van der Waals surface area contributed by atoms with Gasteiger partial charge in [0.05, 0.1) is 28.1 Å². The number of hydrogen-bond donors (Lipinski definition) is 3. The molecule has 1 aromatic heterocycles. The zero-order chi connectivity index (χ0) is 13.8. The Hall–Kier alpha value is -1.82. The lowest BCUT2D eigenvalue weighted by Gasteiger charge is -2.11. The number of nitrogens with zero attached hydrogens (tertiary/aromatic N) is 1. The first-order valence-electron chi connectivity index (χ1n) is 6.20. The molecule has 0 aliphatic carbocycles. The third kappa shape index (κ3) is 3.35. The van der Waals surface area contributed by atoms with E-state index in [1.807, 2.05) is 12.1 Å². The van der Waals surface area contributed by atoms with E-state index in [2.05, 4.69) is 29.5 Å². The predicted molar refractivity (Wildman–Crippen MR) is 80.4 cm³/mol. The van der Waals surface area contributed by atoms with Crippen LogP contribution in [-0.4, -0.2) is 24.0 Å². The van der Waals surface area contributed by atoms with E-state index in [0.29, 0.717) is 18.2 Å². The first-order chi connectivity index (χ1) is 9.08. The summed E-state index contributed by atoms with van der Waals surface area (Å²) in [5.74, 6) is 0.409. The summed E-state index contributed by atoms with van der Waals surface area (Å²) in [7, 11) is 0. The molecule has 0 fully saturated rings. The van der Waals surface area contributed by atoms with E-state index in [1.165, 1.54) is 0 Å². The van der Waals surface area contributed by atoms with Gasteiger partial charge in [-0.05, 0) is 18.1 Å². The van der Waals surface area contributed by atoms with Crippen LogP contribution in [0.3, 0.4) is 0 Å². The van der Waals surface area contributed by atoms with E-state index in [4.69, 9.17) is 5.73 Å². The molecule has 0 saturated carbocycles. The lowest BCUT2D eigenvalue weighted by Crippen LogP contribution is -2.32. The number of benzene rings is 1. The molecule has 5 nitrogen and oxygen atoms in total. The van der Waals surface area contributed by atoms with E-state index in [-0.39, 0.29) is 12.5 Å². The largest absolute Gasteiger partial charge is 0.395 e.